The van der Waals surface area contributed by atoms with Gasteiger partial charge in [-0.25, -0.2) is 4.79 Å². The summed E-state index contributed by atoms with van der Waals surface area (Å²) in [5, 5.41) is 30.1. The van der Waals surface area contributed by atoms with Crippen molar-refractivity contribution in [1.82, 2.24) is 15.1 Å². The van der Waals surface area contributed by atoms with Crippen molar-refractivity contribution in [2.24, 2.45) is 11.8 Å². The molecule has 1 heterocycles. The van der Waals surface area contributed by atoms with Crippen molar-refractivity contribution < 1.29 is 29.3 Å². The van der Waals surface area contributed by atoms with E-state index in [1.165, 1.54) is 17.7 Å². The summed E-state index contributed by atoms with van der Waals surface area (Å²) in [6, 6.07) is 29.5. The Bertz CT molecular complexity index is 1960. The highest BCUT2D eigenvalue weighted by Gasteiger charge is 2.42. The third-order valence-electron chi connectivity index (χ3n) is 11.0. The van der Waals surface area contributed by atoms with Crippen molar-refractivity contribution in [2.75, 3.05) is 57.5 Å². The van der Waals surface area contributed by atoms with Gasteiger partial charge in [0.1, 0.15) is 18.1 Å². The first-order valence-corrected chi connectivity index (χ1v) is 20.4. The quantitative estimate of drug-likeness (QED) is 0.0318. The minimum atomic E-state index is -0.884. The Morgan fingerprint density at radius 2 is 1.60 bits per heavy atom. The van der Waals surface area contributed by atoms with Crippen LogP contribution >= 0.6 is 0 Å². The van der Waals surface area contributed by atoms with Crippen LogP contribution in [0.15, 0.2) is 97.1 Å². The highest BCUT2D eigenvalue weighted by atomic mass is 16.6. The van der Waals surface area contributed by atoms with E-state index in [2.05, 4.69) is 45.1 Å². The highest BCUT2D eigenvalue weighted by molar-refractivity contribution is 5.91. The second-order valence-electron chi connectivity index (χ2n) is 14.8. The Labute approximate surface area is 343 Å². The number of para-hydroxylation sites is 1. The van der Waals surface area contributed by atoms with Crippen LogP contribution in [0.1, 0.15) is 61.5 Å². The van der Waals surface area contributed by atoms with Crippen molar-refractivity contribution >= 4 is 35.7 Å². The van der Waals surface area contributed by atoms with Crippen molar-refractivity contribution in [3.05, 3.63) is 119 Å². The standard InChI is InChI=1S/C45H53N5O6.C2H6/c1-46-44-39(12-8-24-51)38(19-20-41(44)52)42(53)27-47-22-23-49(2)43(54)21-18-31-14-16-32(17-15-31)28-50-29-34-25-36(26-35(34)30-50)56-45(55)48-40-13-7-6-11-37(40)33-9-4-3-5-10-33;1-2/h3-17,19-20,24,34-36,42,46-47,52-53H,18,21-23,25-30H2,1-2H3,(H,48,55);1-2H3/b12-8-;/t34-,35+,36?,42?;. The molecule has 4 aromatic rings. The summed E-state index contributed by atoms with van der Waals surface area (Å²) in [4.78, 5) is 40.9. The Morgan fingerprint density at radius 3 is 2.29 bits per heavy atom. The lowest BCUT2D eigenvalue weighted by Gasteiger charge is -2.20. The molecule has 1 saturated carbocycles. The van der Waals surface area contributed by atoms with Gasteiger partial charge in [0.05, 0.1) is 17.5 Å². The van der Waals surface area contributed by atoms with E-state index < -0.39 is 12.2 Å². The summed E-state index contributed by atoms with van der Waals surface area (Å²) in [6.45, 7) is 8.08. The van der Waals surface area contributed by atoms with Crippen LogP contribution < -0.4 is 16.0 Å². The van der Waals surface area contributed by atoms with E-state index in [1.807, 2.05) is 68.4 Å². The normalized spacial score (nSPS) is 17.8. The number of aromatic hydroxyl groups is 1. The number of amides is 2. The molecule has 1 saturated heterocycles. The van der Waals surface area contributed by atoms with E-state index in [-0.39, 0.29) is 24.3 Å². The number of hydrogen-bond donors (Lipinski definition) is 5. The Morgan fingerprint density at radius 1 is 0.931 bits per heavy atom. The number of nitrogens with one attached hydrogen (secondary N) is 3. The van der Waals surface area contributed by atoms with Crippen LogP contribution in [0.2, 0.25) is 0 Å². The molecule has 0 spiro atoms. The predicted octanol–water partition coefficient (Wildman–Crippen LogP) is 7.51. The molecule has 0 radical (unpaired) electrons. The number of rotatable bonds is 17. The number of benzene rings is 4. The summed E-state index contributed by atoms with van der Waals surface area (Å²) in [5.74, 6) is 1.11. The third-order valence-corrected chi connectivity index (χ3v) is 11.0. The molecule has 308 valence electrons. The number of phenolic OH excluding ortho intramolecular Hbond substituents is 1. The minimum Gasteiger partial charge on any atom is -0.506 e. The van der Waals surface area contributed by atoms with Crippen LogP contribution in [0.5, 0.6) is 5.75 Å². The average Bonchev–Trinajstić information content (AvgIpc) is 3.80. The molecule has 6 rings (SSSR count). The molecular weight excluding hydrogens is 731 g/mol. The average molecular weight is 790 g/mol. The first-order valence-electron chi connectivity index (χ1n) is 20.4. The van der Waals surface area contributed by atoms with Crippen LogP contribution in [-0.4, -0.2) is 91.2 Å². The van der Waals surface area contributed by atoms with E-state index in [0.717, 1.165) is 54.9 Å². The summed E-state index contributed by atoms with van der Waals surface area (Å²) in [7, 11) is 3.44. The van der Waals surface area contributed by atoms with Crippen molar-refractivity contribution in [3.63, 3.8) is 0 Å². The Hall–Kier alpha value is -5.49. The van der Waals surface area contributed by atoms with Gasteiger partial charge in [-0.3, -0.25) is 19.8 Å². The second kappa shape index (κ2) is 21.9. The molecular formula is C47H59N5O6. The van der Waals surface area contributed by atoms with E-state index >= 15 is 0 Å². The van der Waals surface area contributed by atoms with Gasteiger partial charge in [-0.15, -0.1) is 0 Å². The number of phenols is 1. The zero-order valence-electron chi connectivity index (χ0n) is 34.2. The third kappa shape index (κ3) is 11.8. The number of fused-ring (bicyclic) bond motifs is 1. The molecule has 1 aliphatic heterocycles. The Kier molecular flexibility index (Phi) is 16.5. The van der Waals surface area contributed by atoms with E-state index in [9.17, 15) is 24.6 Å². The molecule has 2 aliphatic rings. The number of anilines is 2. The number of aryl methyl sites for hydroxylation is 1. The second-order valence-corrected chi connectivity index (χ2v) is 14.8. The number of nitrogens with zero attached hydrogens (tertiary/aromatic N) is 2. The predicted molar refractivity (Wildman–Crippen MR) is 232 cm³/mol. The molecule has 0 bridgehead atoms. The van der Waals surface area contributed by atoms with E-state index in [1.54, 1.807) is 31.1 Å². The molecule has 4 aromatic carbocycles. The van der Waals surface area contributed by atoms with Crippen LogP contribution in [0, 0.1) is 11.8 Å². The molecule has 0 aromatic heterocycles. The number of allylic oxidation sites excluding steroid dienone is 1. The van der Waals surface area contributed by atoms with Gasteiger partial charge in [-0.1, -0.05) is 92.7 Å². The fraction of sp³-hybridized carbons (Fsp3) is 0.383. The summed E-state index contributed by atoms with van der Waals surface area (Å²) >= 11 is 0. The first-order chi connectivity index (χ1) is 28.2. The van der Waals surface area contributed by atoms with Gasteiger partial charge in [0.15, 0.2) is 0 Å². The number of likely N-dealkylation sites (tertiary alicyclic amines) is 1. The molecule has 2 unspecified atom stereocenters. The van der Waals surface area contributed by atoms with Crippen LogP contribution in [-0.2, 0) is 27.3 Å². The van der Waals surface area contributed by atoms with Gasteiger partial charge < -0.3 is 30.5 Å². The molecule has 2 amide bonds. The lowest BCUT2D eigenvalue weighted by atomic mass is 9.99. The molecule has 5 N–H and O–H groups in total. The van der Waals surface area contributed by atoms with Gasteiger partial charge in [0, 0.05) is 70.9 Å². The zero-order chi connectivity index (χ0) is 41.4. The maximum absolute atomic E-state index is 12.9. The van der Waals surface area contributed by atoms with Crippen molar-refractivity contribution in [1.29, 1.82) is 0 Å². The van der Waals surface area contributed by atoms with E-state index in [4.69, 9.17) is 4.74 Å². The van der Waals surface area contributed by atoms with Crippen LogP contribution in [0.25, 0.3) is 17.2 Å². The van der Waals surface area contributed by atoms with Crippen LogP contribution in [0.4, 0.5) is 16.2 Å². The number of aldehydes is 1. The van der Waals surface area contributed by atoms with Gasteiger partial charge in [0.25, 0.3) is 0 Å². The molecule has 2 fully saturated rings. The van der Waals surface area contributed by atoms with Gasteiger partial charge in [0.2, 0.25) is 5.91 Å². The largest absolute Gasteiger partial charge is 0.506 e. The number of carbonyl (C=O) groups excluding carboxylic acids is 3. The number of ether oxygens (including phenoxy) is 1. The lowest BCUT2D eigenvalue weighted by molar-refractivity contribution is -0.129. The minimum absolute atomic E-state index is 0.0236. The molecule has 11 heteroatoms. The monoisotopic (exact) mass is 789 g/mol. The molecule has 11 nitrogen and oxygen atoms in total. The number of aliphatic hydroxyl groups is 1. The Balaban J connectivity index is 0.00000315. The SMILES string of the molecule is CC.CNc1c(O)ccc(C(O)CNCCN(C)C(=O)CCc2ccc(CN3C[C@H]4CC(OC(=O)Nc5ccccc5-c5ccccc5)C[C@H]4C3)cc2)c1/C=C\C=O. The summed E-state index contributed by atoms with van der Waals surface area (Å²) in [5.41, 5.74) is 6.66. The highest BCUT2D eigenvalue weighted by Crippen LogP contribution is 2.40. The molecule has 1 aliphatic carbocycles. The van der Waals surface area contributed by atoms with Crippen LogP contribution in [0.3, 0.4) is 0 Å². The smallest absolute Gasteiger partial charge is 0.411 e. The van der Waals surface area contributed by atoms with Crippen molar-refractivity contribution in [2.45, 2.75) is 58.3 Å². The number of carbonyl (C=O) groups is 3. The fourth-order valence-electron chi connectivity index (χ4n) is 8.04. The topological polar surface area (TPSA) is 143 Å². The van der Waals surface area contributed by atoms with Gasteiger partial charge in [-0.05, 0) is 77.6 Å². The first kappa shape index (κ1) is 43.6. The van der Waals surface area contributed by atoms with Gasteiger partial charge in [-0.2, -0.15) is 0 Å². The maximum atomic E-state index is 12.9. The zero-order valence-corrected chi connectivity index (χ0v) is 34.2. The fourth-order valence-corrected chi connectivity index (χ4v) is 8.04. The van der Waals surface area contributed by atoms with Crippen molar-refractivity contribution in [3.8, 4) is 16.9 Å². The summed E-state index contributed by atoms with van der Waals surface area (Å²) < 4.78 is 5.91. The summed E-state index contributed by atoms with van der Waals surface area (Å²) in [6.07, 6.45) is 4.99. The van der Waals surface area contributed by atoms with Gasteiger partial charge >= 0.3 is 6.09 Å². The molecule has 58 heavy (non-hydrogen) atoms. The number of aliphatic hydroxyl groups excluding tert-OH is 1. The van der Waals surface area contributed by atoms with E-state index in [0.29, 0.717) is 60.9 Å². The lowest BCUT2D eigenvalue weighted by Crippen LogP contribution is -2.35. The number of likely N-dealkylation sites (N-methyl/N-ethyl adjacent to an activating group) is 1. The number of hydrogen-bond acceptors (Lipinski definition) is 9. The molecule has 4 atom stereocenters. The maximum Gasteiger partial charge on any atom is 0.411 e.